The Labute approximate surface area is 74.7 Å². The van der Waals surface area contributed by atoms with Crippen LogP contribution in [0.2, 0.25) is 0 Å². The van der Waals surface area contributed by atoms with Gasteiger partial charge >= 0.3 is 0 Å². The summed E-state index contributed by atoms with van der Waals surface area (Å²) in [4.78, 5) is 21.2. The molecule has 0 aromatic carbocycles. The first-order valence-corrected chi connectivity index (χ1v) is 3.18. The van der Waals surface area contributed by atoms with Crippen LogP contribution in [-0.2, 0) is 9.59 Å². The molecule has 0 heterocycles. The first kappa shape index (κ1) is 17.1. The summed E-state index contributed by atoms with van der Waals surface area (Å²) in [6.45, 7) is 2.37. The standard InChI is InChI=1S/C6H12N2O2.2CH4/c1-3-8-6(10)4-5(9)7-2;;/h3-4H2,1-2H3,(H,7,9)(H,8,10);2*1H4. The fraction of sp³-hybridized carbons (Fsp3) is 0.750. The van der Waals surface area contributed by atoms with Gasteiger partial charge < -0.3 is 10.6 Å². The third-order valence-corrected chi connectivity index (χ3v) is 0.974. The molecule has 0 aliphatic rings. The molecule has 12 heavy (non-hydrogen) atoms. The van der Waals surface area contributed by atoms with Gasteiger partial charge in [0.05, 0.1) is 0 Å². The van der Waals surface area contributed by atoms with Crippen LogP contribution in [0.15, 0.2) is 0 Å². The van der Waals surface area contributed by atoms with Gasteiger partial charge in [0.15, 0.2) is 0 Å². The van der Waals surface area contributed by atoms with Crippen molar-refractivity contribution in [2.75, 3.05) is 13.6 Å². The molecule has 0 spiro atoms. The van der Waals surface area contributed by atoms with E-state index in [2.05, 4.69) is 10.6 Å². The second-order valence-corrected chi connectivity index (χ2v) is 1.80. The van der Waals surface area contributed by atoms with Gasteiger partial charge in [0, 0.05) is 13.6 Å². The average molecular weight is 176 g/mol. The minimum absolute atomic E-state index is 0. The van der Waals surface area contributed by atoms with Gasteiger partial charge in [-0.25, -0.2) is 0 Å². The van der Waals surface area contributed by atoms with E-state index in [0.29, 0.717) is 6.54 Å². The zero-order chi connectivity index (χ0) is 7.98. The molecule has 0 radical (unpaired) electrons. The van der Waals surface area contributed by atoms with Crippen LogP contribution in [0.3, 0.4) is 0 Å². The SMILES string of the molecule is C.C.CCNC(=O)CC(=O)NC. The van der Waals surface area contributed by atoms with E-state index in [1.54, 1.807) is 0 Å². The van der Waals surface area contributed by atoms with Crippen molar-refractivity contribution in [3.63, 3.8) is 0 Å². The van der Waals surface area contributed by atoms with E-state index >= 15 is 0 Å². The summed E-state index contributed by atoms with van der Waals surface area (Å²) >= 11 is 0. The molecular weight excluding hydrogens is 156 g/mol. The fourth-order valence-electron chi connectivity index (χ4n) is 0.494. The third-order valence-electron chi connectivity index (χ3n) is 0.974. The molecule has 0 atom stereocenters. The van der Waals surface area contributed by atoms with Crippen molar-refractivity contribution in [2.24, 2.45) is 0 Å². The zero-order valence-electron chi connectivity index (χ0n) is 6.23. The highest BCUT2D eigenvalue weighted by atomic mass is 16.2. The highest BCUT2D eigenvalue weighted by molar-refractivity contribution is 5.96. The Morgan fingerprint density at radius 1 is 1.17 bits per heavy atom. The Morgan fingerprint density at radius 2 is 1.67 bits per heavy atom. The number of hydrogen-bond acceptors (Lipinski definition) is 2. The second-order valence-electron chi connectivity index (χ2n) is 1.80. The molecule has 0 aromatic rings. The fourth-order valence-corrected chi connectivity index (χ4v) is 0.494. The highest BCUT2D eigenvalue weighted by Crippen LogP contribution is 1.77. The van der Waals surface area contributed by atoms with Crippen LogP contribution < -0.4 is 10.6 Å². The molecule has 74 valence electrons. The van der Waals surface area contributed by atoms with Crippen LogP contribution in [0.1, 0.15) is 28.2 Å². The number of hydrogen-bond donors (Lipinski definition) is 2. The van der Waals surface area contributed by atoms with E-state index in [1.807, 2.05) is 6.92 Å². The number of nitrogens with one attached hydrogen (secondary N) is 2. The van der Waals surface area contributed by atoms with Crippen molar-refractivity contribution in [1.29, 1.82) is 0 Å². The van der Waals surface area contributed by atoms with E-state index in [-0.39, 0.29) is 33.1 Å². The topological polar surface area (TPSA) is 58.2 Å². The summed E-state index contributed by atoms with van der Waals surface area (Å²) < 4.78 is 0. The second kappa shape index (κ2) is 9.94. The van der Waals surface area contributed by atoms with Crippen LogP contribution in [0.5, 0.6) is 0 Å². The van der Waals surface area contributed by atoms with Crippen LogP contribution in [-0.4, -0.2) is 25.4 Å². The summed E-state index contributed by atoms with van der Waals surface area (Å²) in [5, 5.41) is 4.87. The predicted molar refractivity (Wildman–Crippen MR) is 50.8 cm³/mol. The van der Waals surface area contributed by atoms with Gasteiger partial charge in [-0.2, -0.15) is 0 Å². The largest absolute Gasteiger partial charge is 0.359 e. The van der Waals surface area contributed by atoms with E-state index in [9.17, 15) is 9.59 Å². The molecule has 0 aromatic heterocycles. The lowest BCUT2D eigenvalue weighted by Gasteiger charge is -1.99. The maximum Gasteiger partial charge on any atom is 0.229 e. The lowest BCUT2D eigenvalue weighted by molar-refractivity contribution is -0.128. The van der Waals surface area contributed by atoms with Crippen molar-refractivity contribution in [3.8, 4) is 0 Å². The highest BCUT2D eigenvalue weighted by Gasteiger charge is 2.04. The minimum Gasteiger partial charge on any atom is -0.359 e. The Morgan fingerprint density at radius 3 is 2.00 bits per heavy atom. The van der Waals surface area contributed by atoms with Crippen LogP contribution >= 0.6 is 0 Å². The van der Waals surface area contributed by atoms with Gasteiger partial charge in [0.2, 0.25) is 11.8 Å². The van der Waals surface area contributed by atoms with Crippen LogP contribution in [0, 0.1) is 0 Å². The zero-order valence-corrected chi connectivity index (χ0v) is 6.23. The molecule has 0 rings (SSSR count). The molecule has 0 aliphatic carbocycles. The molecule has 2 amide bonds. The molecule has 0 unspecified atom stereocenters. The van der Waals surface area contributed by atoms with Crippen molar-refractivity contribution < 1.29 is 9.59 Å². The Hall–Kier alpha value is -1.06. The lowest BCUT2D eigenvalue weighted by Crippen LogP contribution is -2.29. The smallest absolute Gasteiger partial charge is 0.229 e. The number of amides is 2. The van der Waals surface area contributed by atoms with Crippen molar-refractivity contribution >= 4 is 11.8 Å². The van der Waals surface area contributed by atoms with Crippen molar-refractivity contribution in [2.45, 2.75) is 28.2 Å². The molecule has 4 heteroatoms. The van der Waals surface area contributed by atoms with Crippen LogP contribution in [0.4, 0.5) is 0 Å². The summed E-state index contributed by atoms with van der Waals surface area (Å²) in [5.41, 5.74) is 0. The number of rotatable bonds is 3. The molecule has 0 saturated heterocycles. The monoisotopic (exact) mass is 176 g/mol. The van der Waals surface area contributed by atoms with Gasteiger partial charge in [-0.1, -0.05) is 14.9 Å². The van der Waals surface area contributed by atoms with E-state index in [1.165, 1.54) is 7.05 Å². The summed E-state index contributed by atoms with van der Waals surface area (Å²) in [6, 6.07) is 0. The van der Waals surface area contributed by atoms with Gasteiger partial charge in [0.25, 0.3) is 0 Å². The molecule has 0 fully saturated rings. The lowest BCUT2D eigenvalue weighted by atomic mass is 10.4. The van der Waals surface area contributed by atoms with Gasteiger partial charge in [-0.3, -0.25) is 9.59 Å². The van der Waals surface area contributed by atoms with Gasteiger partial charge in [-0.15, -0.1) is 0 Å². The summed E-state index contributed by atoms with van der Waals surface area (Å²) in [5.74, 6) is -0.493. The van der Waals surface area contributed by atoms with E-state index in [4.69, 9.17) is 0 Å². The maximum absolute atomic E-state index is 10.6. The number of carbonyl (C=O) groups is 2. The van der Waals surface area contributed by atoms with E-state index < -0.39 is 0 Å². The maximum atomic E-state index is 10.6. The summed E-state index contributed by atoms with van der Waals surface area (Å²) in [6.07, 6.45) is -0.0790. The van der Waals surface area contributed by atoms with Gasteiger partial charge in [-0.05, 0) is 6.92 Å². The predicted octanol–water partition coefficient (Wildman–Crippen LogP) is 0.531. The number of carbonyl (C=O) groups excluding carboxylic acids is 2. The molecular formula is C8H20N2O2. The minimum atomic E-state index is -0.258. The Kier molecular flexibility index (Phi) is 14.2. The molecule has 4 nitrogen and oxygen atoms in total. The normalized spacial score (nSPS) is 7.17. The molecule has 0 aliphatic heterocycles. The van der Waals surface area contributed by atoms with E-state index in [0.717, 1.165) is 0 Å². The molecule has 2 N–H and O–H groups in total. The first-order chi connectivity index (χ1) is 4.70. The summed E-state index contributed by atoms with van der Waals surface area (Å²) in [7, 11) is 1.50. The Bertz CT molecular complexity index is 135. The first-order valence-electron chi connectivity index (χ1n) is 3.18. The van der Waals surface area contributed by atoms with Crippen LogP contribution in [0.25, 0.3) is 0 Å². The average Bonchev–Trinajstić information content (AvgIpc) is 1.88. The Balaban J connectivity index is -0.000000405. The molecule has 0 saturated carbocycles. The third kappa shape index (κ3) is 8.94. The quantitative estimate of drug-likeness (QED) is 0.616. The molecule has 0 bridgehead atoms. The van der Waals surface area contributed by atoms with Crippen molar-refractivity contribution in [1.82, 2.24) is 10.6 Å². The van der Waals surface area contributed by atoms with Crippen molar-refractivity contribution in [3.05, 3.63) is 0 Å². The van der Waals surface area contributed by atoms with Gasteiger partial charge in [0.1, 0.15) is 6.42 Å².